The monoisotopic (exact) mass is 546 g/mol. The third-order valence-electron chi connectivity index (χ3n) is 8.29. The van der Waals surface area contributed by atoms with Crippen molar-refractivity contribution in [2.75, 3.05) is 0 Å². The third-order valence-corrected chi connectivity index (χ3v) is 8.29. The van der Waals surface area contributed by atoms with Gasteiger partial charge in [0, 0.05) is 17.1 Å². The van der Waals surface area contributed by atoms with Crippen LogP contribution in [0.3, 0.4) is 0 Å². The molecule has 3 N–H and O–H groups in total. The normalized spacial score (nSPS) is 12.8. The Bertz CT molecular complexity index is 1510. The molecule has 2 aromatic carbocycles. The third kappa shape index (κ3) is 5.10. The fraction of sp³-hybridized carbons (Fsp3) is 0.286. The van der Waals surface area contributed by atoms with Gasteiger partial charge in [-0.3, -0.25) is 14.7 Å². The number of H-pyrrole nitrogens is 3. The Morgan fingerprint density at radius 3 is 1.51 bits per heavy atom. The van der Waals surface area contributed by atoms with Crippen molar-refractivity contribution in [3.8, 4) is 0 Å². The van der Waals surface area contributed by atoms with Gasteiger partial charge in [-0.2, -0.15) is 5.10 Å². The molecule has 0 fully saturated rings. The van der Waals surface area contributed by atoms with Gasteiger partial charge in [0.05, 0.1) is 28.9 Å². The van der Waals surface area contributed by atoms with Crippen LogP contribution in [0.25, 0.3) is 0 Å². The number of carbonyl (C=O) groups is 2. The van der Waals surface area contributed by atoms with Crippen molar-refractivity contribution in [3.05, 3.63) is 134 Å². The first kappa shape index (κ1) is 28.1. The van der Waals surface area contributed by atoms with Gasteiger partial charge in [-0.1, -0.05) is 88.4 Å². The zero-order valence-electron chi connectivity index (χ0n) is 24.3. The molecular weight excluding hydrogens is 508 g/mol. The number of nitrogens with zero attached hydrogens (tertiary/aromatic N) is 1. The van der Waals surface area contributed by atoms with E-state index in [0.29, 0.717) is 11.4 Å². The number of hydrogen-bond acceptors (Lipinski definition) is 3. The average Bonchev–Trinajstić information content (AvgIpc) is 3.73. The smallest absolute Gasteiger partial charge is 0.166 e. The number of rotatable bonds is 12. The van der Waals surface area contributed by atoms with E-state index in [1.807, 2.05) is 36.4 Å². The Labute approximate surface area is 241 Å². The molecule has 5 rings (SSSR count). The molecule has 210 valence electrons. The highest BCUT2D eigenvalue weighted by atomic mass is 16.1. The molecule has 3 aromatic heterocycles. The molecule has 0 saturated carbocycles. The van der Waals surface area contributed by atoms with E-state index in [0.717, 1.165) is 83.3 Å². The second kappa shape index (κ2) is 12.4. The maximum absolute atomic E-state index is 12.0. The molecule has 0 spiro atoms. The van der Waals surface area contributed by atoms with Gasteiger partial charge < -0.3 is 9.97 Å². The molecule has 0 aliphatic heterocycles. The number of aromatic nitrogens is 4. The summed E-state index contributed by atoms with van der Waals surface area (Å²) in [7, 11) is 0. The molecule has 0 saturated heterocycles. The highest BCUT2D eigenvalue weighted by Crippen LogP contribution is 2.39. The Morgan fingerprint density at radius 2 is 1.07 bits per heavy atom. The fourth-order valence-electron chi connectivity index (χ4n) is 6.48. The number of hydrogen-bond donors (Lipinski definition) is 3. The molecule has 41 heavy (non-hydrogen) atoms. The first-order valence-corrected chi connectivity index (χ1v) is 14.6. The Hall–Kier alpha value is -4.45. The summed E-state index contributed by atoms with van der Waals surface area (Å²) < 4.78 is 0. The Kier molecular flexibility index (Phi) is 8.48. The first-order chi connectivity index (χ1) is 20.1. The molecule has 0 radical (unpaired) electrons. The van der Waals surface area contributed by atoms with Crippen LogP contribution in [0.4, 0.5) is 0 Å². The predicted octanol–water partition coefficient (Wildman–Crippen LogP) is 7.30. The molecule has 0 bridgehead atoms. The summed E-state index contributed by atoms with van der Waals surface area (Å²) in [6.07, 6.45) is 5.05. The van der Waals surface area contributed by atoms with Crippen molar-refractivity contribution in [3.63, 3.8) is 0 Å². The van der Waals surface area contributed by atoms with Crippen LogP contribution in [-0.4, -0.2) is 32.7 Å². The van der Waals surface area contributed by atoms with E-state index in [2.05, 4.69) is 73.1 Å². The molecule has 3 heterocycles. The van der Waals surface area contributed by atoms with E-state index < -0.39 is 0 Å². The summed E-state index contributed by atoms with van der Waals surface area (Å²) in [5.74, 6) is -0.341. The van der Waals surface area contributed by atoms with Gasteiger partial charge in [-0.15, -0.1) is 0 Å². The highest BCUT2D eigenvalue weighted by Gasteiger charge is 2.30. The van der Waals surface area contributed by atoms with Gasteiger partial charge in [0.2, 0.25) is 0 Å². The van der Waals surface area contributed by atoms with E-state index in [1.165, 1.54) is 11.1 Å². The van der Waals surface area contributed by atoms with Crippen LogP contribution in [-0.2, 0) is 25.7 Å². The molecule has 0 amide bonds. The largest absolute Gasteiger partial charge is 0.355 e. The van der Waals surface area contributed by atoms with Crippen LogP contribution in [0.5, 0.6) is 0 Å². The number of carbonyl (C=O) groups excluding carboxylic acids is 2. The second-order valence-corrected chi connectivity index (χ2v) is 10.4. The topological polar surface area (TPSA) is 94.4 Å². The van der Waals surface area contributed by atoms with Gasteiger partial charge in [0.1, 0.15) is 0 Å². The molecule has 0 aliphatic rings. The minimum atomic E-state index is -0.183. The lowest BCUT2D eigenvalue weighted by Crippen LogP contribution is -2.08. The molecule has 5 aromatic rings. The van der Waals surface area contributed by atoms with Crippen molar-refractivity contribution < 1.29 is 9.59 Å². The van der Waals surface area contributed by atoms with Crippen molar-refractivity contribution in [2.45, 2.75) is 65.2 Å². The van der Waals surface area contributed by atoms with Crippen molar-refractivity contribution in [2.24, 2.45) is 0 Å². The fourth-order valence-corrected chi connectivity index (χ4v) is 6.48. The zero-order chi connectivity index (χ0) is 28.9. The van der Waals surface area contributed by atoms with Crippen molar-refractivity contribution in [1.82, 2.24) is 20.2 Å². The maximum Gasteiger partial charge on any atom is 0.166 e. The highest BCUT2D eigenvalue weighted by molar-refractivity contribution is 5.77. The lowest BCUT2D eigenvalue weighted by Gasteiger charge is -2.18. The predicted molar refractivity (Wildman–Crippen MR) is 163 cm³/mol. The quantitative estimate of drug-likeness (QED) is 0.143. The molecule has 2 unspecified atom stereocenters. The Morgan fingerprint density at radius 1 is 0.634 bits per heavy atom. The lowest BCUT2D eigenvalue weighted by molar-refractivity contribution is 0.111. The summed E-state index contributed by atoms with van der Waals surface area (Å²) in [6.45, 7) is 8.46. The molecule has 6 heteroatoms. The summed E-state index contributed by atoms with van der Waals surface area (Å²) in [5, 5.41) is 8.30. The SMILES string of the molecule is CCc1c(C=O)[nH]c(C(c2ccccc2)c2cc(C(c3ccccc3)c3[nH]c(C=O)c(CC)c3CC)[nH]n2)c1CC. The lowest BCUT2D eigenvalue weighted by atomic mass is 9.86. The van der Waals surface area contributed by atoms with Gasteiger partial charge in [-0.25, -0.2) is 0 Å². The number of nitrogens with one attached hydrogen (secondary N) is 3. The second-order valence-electron chi connectivity index (χ2n) is 10.4. The average molecular weight is 547 g/mol. The molecular formula is C35H38N4O2. The van der Waals surface area contributed by atoms with Crippen LogP contribution in [0.15, 0.2) is 66.7 Å². The van der Waals surface area contributed by atoms with Gasteiger partial charge in [0.25, 0.3) is 0 Å². The van der Waals surface area contributed by atoms with Gasteiger partial charge >= 0.3 is 0 Å². The van der Waals surface area contributed by atoms with E-state index in [1.54, 1.807) is 0 Å². The molecule has 6 nitrogen and oxygen atoms in total. The summed E-state index contributed by atoms with van der Waals surface area (Å²) in [6, 6.07) is 22.8. The number of benzene rings is 2. The zero-order valence-corrected chi connectivity index (χ0v) is 24.3. The first-order valence-electron chi connectivity index (χ1n) is 14.6. The van der Waals surface area contributed by atoms with Crippen LogP contribution in [0, 0.1) is 0 Å². The van der Waals surface area contributed by atoms with Gasteiger partial charge in [-0.05, 0) is 65.1 Å². The summed E-state index contributed by atoms with van der Waals surface area (Å²) in [5.41, 5.74) is 11.9. The minimum Gasteiger partial charge on any atom is -0.355 e. The van der Waals surface area contributed by atoms with E-state index in [-0.39, 0.29) is 11.8 Å². The number of aromatic amines is 3. The van der Waals surface area contributed by atoms with Crippen molar-refractivity contribution >= 4 is 12.6 Å². The molecule has 0 aliphatic carbocycles. The summed E-state index contributed by atoms with van der Waals surface area (Å²) >= 11 is 0. The van der Waals surface area contributed by atoms with Crippen LogP contribution in [0.2, 0.25) is 0 Å². The van der Waals surface area contributed by atoms with Crippen LogP contribution < -0.4 is 0 Å². The minimum absolute atomic E-state index is 0.158. The Balaban J connectivity index is 1.71. The van der Waals surface area contributed by atoms with Crippen LogP contribution >= 0.6 is 0 Å². The van der Waals surface area contributed by atoms with Crippen molar-refractivity contribution in [1.29, 1.82) is 0 Å². The maximum atomic E-state index is 12.0. The van der Waals surface area contributed by atoms with Gasteiger partial charge in [0.15, 0.2) is 12.6 Å². The van der Waals surface area contributed by atoms with Crippen LogP contribution in [0.1, 0.15) is 117 Å². The summed E-state index contributed by atoms with van der Waals surface area (Å²) in [4.78, 5) is 31.0. The number of aldehydes is 2. The van der Waals surface area contributed by atoms with E-state index >= 15 is 0 Å². The van der Waals surface area contributed by atoms with E-state index in [9.17, 15) is 9.59 Å². The molecule has 2 atom stereocenters. The standard InChI is InChI=1S/C35H38N4O2/c1-5-24-26(7-3)34(36-30(24)20-40)32(22-15-11-9-12-16-22)28-19-29(39-38-28)33(23-17-13-10-14-18-23)35-27(8-4)25(6-2)31(21-41)37-35/h9-21,32-33,36-37H,5-8H2,1-4H3,(H,38,39). The van der Waals surface area contributed by atoms with E-state index in [4.69, 9.17) is 5.10 Å².